The Morgan fingerprint density at radius 1 is 1.12 bits per heavy atom. The normalized spacial score (nSPS) is 10.2. The highest BCUT2D eigenvalue weighted by Crippen LogP contribution is 2.22. The van der Waals surface area contributed by atoms with Gasteiger partial charge in [0.2, 0.25) is 0 Å². The molecule has 0 fully saturated rings. The van der Waals surface area contributed by atoms with Gasteiger partial charge in [0.25, 0.3) is 0 Å². The van der Waals surface area contributed by atoms with E-state index < -0.39 is 0 Å². The fraction of sp³-hybridized carbons (Fsp3) is 0.214. The van der Waals surface area contributed by atoms with Crippen LogP contribution in [0.2, 0.25) is 0 Å². The Morgan fingerprint density at radius 2 is 1.88 bits per heavy atom. The number of hydrogen-bond acceptors (Lipinski definition) is 3. The molecule has 0 atom stereocenters. The molecule has 0 saturated heterocycles. The zero-order chi connectivity index (χ0) is 12.1. The maximum absolute atomic E-state index is 5.57. The second-order valence-corrected chi connectivity index (χ2v) is 3.81. The lowest BCUT2D eigenvalue weighted by molar-refractivity contribution is 0.974. The molecule has 88 valence electrons. The van der Waals surface area contributed by atoms with Crippen LogP contribution in [0.4, 0.5) is 11.5 Å². The topological polar surface area (TPSA) is 42.1 Å². The molecule has 0 unspecified atom stereocenters. The third-order valence-electron chi connectivity index (χ3n) is 2.71. The molecule has 2 rings (SSSR count). The van der Waals surface area contributed by atoms with Crippen LogP contribution in [-0.4, -0.2) is 11.5 Å². The van der Waals surface area contributed by atoms with Gasteiger partial charge in [-0.05, 0) is 30.7 Å². The molecule has 0 spiro atoms. The first-order valence-corrected chi connectivity index (χ1v) is 5.82. The van der Waals surface area contributed by atoms with E-state index in [-0.39, 0.29) is 0 Å². The van der Waals surface area contributed by atoms with Crippen molar-refractivity contribution in [3.05, 3.63) is 54.2 Å². The zero-order valence-corrected chi connectivity index (χ0v) is 10.0. The summed E-state index contributed by atoms with van der Waals surface area (Å²) in [5.74, 6) is 0.955. The maximum atomic E-state index is 5.57. The SMILES string of the molecule is CCN(c1ccccc1)c1ccc(CN)cn1. The fourth-order valence-electron chi connectivity index (χ4n) is 1.78. The lowest BCUT2D eigenvalue weighted by Crippen LogP contribution is -2.17. The van der Waals surface area contributed by atoms with E-state index in [1.54, 1.807) is 0 Å². The van der Waals surface area contributed by atoms with Crippen LogP contribution in [0.1, 0.15) is 12.5 Å². The van der Waals surface area contributed by atoms with Crippen LogP contribution < -0.4 is 10.6 Å². The molecule has 0 saturated carbocycles. The van der Waals surface area contributed by atoms with E-state index in [1.807, 2.05) is 36.5 Å². The smallest absolute Gasteiger partial charge is 0.132 e. The first-order chi connectivity index (χ1) is 8.35. The van der Waals surface area contributed by atoms with Gasteiger partial charge in [-0.3, -0.25) is 0 Å². The van der Waals surface area contributed by atoms with Crippen LogP contribution in [0.15, 0.2) is 48.7 Å². The molecule has 1 heterocycles. The summed E-state index contributed by atoms with van der Waals surface area (Å²) in [6.07, 6.45) is 1.83. The number of anilines is 2. The molecule has 0 aliphatic carbocycles. The van der Waals surface area contributed by atoms with Crippen molar-refractivity contribution in [2.24, 2.45) is 5.73 Å². The first-order valence-electron chi connectivity index (χ1n) is 5.82. The maximum Gasteiger partial charge on any atom is 0.132 e. The van der Waals surface area contributed by atoms with Crippen LogP contribution in [-0.2, 0) is 6.54 Å². The van der Waals surface area contributed by atoms with E-state index in [0.29, 0.717) is 6.54 Å². The summed E-state index contributed by atoms with van der Waals surface area (Å²) in [7, 11) is 0. The van der Waals surface area contributed by atoms with Gasteiger partial charge in [-0.25, -0.2) is 4.98 Å². The number of nitrogens with two attached hydrogens (primary N) is 1. The third-order valence-corrected chi connectivity index (χ3v) is 2.71. The second-order valence-electron chi connectivity index (χ2n) is 3.81. The average molecular weight is 227 g/mol. The molecule has 3 heteroatoms. The minimum absolute atomic E-state index is 0.532. The Bertz CT molecular complexity index is 451. The van der Waals surface area contributed by atoms with E-state index in [1.165, 1.54) is 0 Å². The largest absolute Gasteiger partial charge is 0.327 e. The zero-order valence-electron chi connectivity index (χ0n) is 10.0. The predicted octanol–water partition coefficient (Wildman–Crippen LogP) is 2.70. The highest BCUT2D eigenvalue weighted by Gasteiger charge is 2.07. The minimum Gasteiger partial charge on any atom is -0.327 e. The van der Waals surface area contributed by atoms with Crippen LogP contribution in [0.3, 0.4) is 0 Å². The molecule has 1 aromatic carbocycles. The Kier molecular flexibility index (Phi) is 3.73. The molecule has 3 nitrogen and oxygen atoms in total. The average Bonchev–Trinajstić information content (AvgIpc) is 2.42. The van der Waals surface area contributed by atoms with E-state index in [9.17, 15) is 0 Å². The number of aromatic nitrogens is 1. The van der Waals surface area contributed by atoms with Crippen molar-refractivity contribution >= 4 is 11.5 Å². The van der Waals surface area contributed by atoms with Crippen molar-refractivity contribution in [3.63, 3.8) is 0 Å². The molecule has 0 aliphatic rings. The fourth-order valence-corrected chi connectivity index (χ4v) is 1.78. The van der Waals surface area contributed by atoms with Crippen molar-refractivity contribution in [3.8, 4) is 0 Å². The van der Waals surface area contributed by atoms with Gasteiger partial charge in [0.05, 0.1) is 0 Å². The Morgan fingerprint density at radius 3 is 2.41 bits per heavy atom. The number of pyridine rings is 1. The Balaban J connectivity index is 2.29. The molecule has 0 bridgehead atoms. The Labute approximate surface area is 102 Å². The number of para-hydroxylation sites is 1. The standard InChI is InChI=1S/C14H17N3/c1-2-17(13-6-4-3-5-7-13)14-9-8-12(10-15)11-16-14/h3-9,11H,2,10,15H2,1H3. The number of nitrogens with zero attached hydrogens (tertiary/aromatic N) is 2. The van der Waals surface area contributed by atoms with Gasteiger partial charge in [0, 0.05) is 25.0 Å². The van der Waals surface area contributed by atoms with E-state index >= 15 is 0 Å². The second kappa shape index (κ2) is 5.46. The van der Waals surface area contributed by atoms with Crippen molar-refractivity contribution in [1.82, 2.24) is 4.98 Å². The van der Waals surface area contributed by atoms with Gasteiger partial charge in [-0.1, -0.05) is 24.3 Å². The number of hydrogen-bond donors (Lipinski definition) is 1. The summed E-state index contributed by atoms with van der Waals surface area (Å²) in [5.41, 5.74) is 7.78. The van der Waals surface area contributed by atoms with E-state index in [4.69, 9.17) is 5.73 Å². The molecule has 0 radical (unpaired) electrons. The van der Waals surface area contributed by atoms with Crippen molar-refractivity contribution in [2.75, 3.05) is 11.4 Å². The summed E-state index contributed by atoms with van der Waals surface area (Å²) < 4.78 is 0. The lowest BCUT2D eigenvalue weighted by Gasteiger charge is -2.22. The summed E-state index contributed by atoms with van der Waals surface area (Å²) in [4.78, 5) is 6.61. The molecule has 2 aromatic rings. The summed E-state index contributed by atoms with van der Waals surface area (Å²) in [6.45, 7) is 3.54. The number of benzene rings is 1. The van der Waals surface area contributed by atoms with Crippen molar-refractivity contribution < 1.29 is 0 Å². The van der Waals surface area contributed by atoms with Gasteiger partial charge in [0.15, 0.2) is 0 Å². The van der Waals surface area contributed by atoms with Crippen LogP contribution in [0, 0.1) is 0 Å². The van der Waals surface area contributed by atoms with Gasteiger partial charge in [-0.15, -0.1) is 0 Å². The summed E-state index contributed by atoms with van der Waals surface area (Å²) >= 11 is 0. The molecule has 0 aliphatic heterocycles. The van der Waals surface area contributed by atoms with E-state index in [0.717, 1.165) is 23.6 Å². The van der Waals surface area contributed by atoms with Crippen LogP contribution in [0.25, 0.3) is 0 Å². The summed E-state index contributed by atoms with van der Waals surface area (Å²) in [6, 6.07) is 14.3. The molecule has 1 aromatic heterocycles. The highest BCUT2D eigenvalue weighted by molar-refractivity contribution is 5.59. The van der Waals surface area contributed by atoms with Gasteiger partial charge in [0.1, 0.15) is 5.82 Å². The highest BCUT2D eigenvalue weighted by atomic mass is 15.2. The van der Waals surface area contributed by atoms with Gasteiger partial charge < -0.3 is 10.6 Å². The lowest BCUT2D eigenvalue weighted by atomic mass is 10.2. The van der Waals surface area contributed by atoms with Gasteiger partial charge in [-0.2, -0.15) is 0 Å². The predicted molar refractivity (Wildman–Crippen MR) is 71.3 cm³/mol. The molecule has 17 heavy (non-hydrogen) atoms. The quantitative estimate of drug-likeness (QED) is 0.873. The molecule has 0 amide bonds. The monoisotopic (exact) mass is 227 g/mol. The van der Waals surface area contributed by atoms with E-state index in [2.05, 4.69) is 28.9 Å². The van der Waals surface area contributed by atoms with Crippen molar-refractivity contribution in [2.45, 2.75) is 13.5 Å². The molecule has 2 N–H and O–H groups in total. The van der Waals surface area contributed by atoms with Crippen LogP contribution >= 0.6 is 0 Å². The first kappa shape index (κ1) is 11.6. The summed E-state index contributed by atoms with van der Waals surface area (Å²) in [5, 5.41) is 0. The Hall–Kier alpha value is -1.87. The minimum atomic E-state index is 0.532. The van der Waals surface area contributed by atoms with Crippen molar-refractivity contribution in [1.29, 1.82) is 0 Å². The molecular weight excluding hydrogens is 210 g/mol. The molecular formula is C14H17N3. The van der Waals surface area contributed by atoms with Crippen LogP contribution in [0.5, 0.6) is 0 Å². The van der Waals surface area contributed by atoms with Gasteiger partial charge >= 0.3 is 0 Å². The third kappa shape index (κ3) is 2.63. The number of rotatable bonds is 4.